The number of benzene rings is 1. The zero-order valence-corrected chi connectivity index (χ0v) is 12.2. The third-order valence-electron chi connectivity index (χ3n) is 3.21. The number of ether oxygens (including phenoxy) is 1. The summed E-state index contributed by atoms with van der Waals surface area (Å²) in [6.07, 6.45) is 0. The van der Waals surface area contributed by atoms with E-state index in [1.165, 1.54) is 5.56 Å². The SMILES string of the molecule is Cc1ccc(C(C)C)c(Oc2c(N)c(C)nn2C)c1. The first-order valence-electron chi connectivity index (χ1n) is 6.47. The summed E-state index contributed by atoms with van der Waals surface area (Å²) >= 11 is 0. The van der Waals surface area contributed by atoms with Gasteiger partial charge >= 0.3 is 0 Å². The average molecular weight is 259 g/mol. The molecule has 0 aliphatic carbocycles. The molecule has 0 aliphatic heterocycles. The van der Waals surface area contributed by atoms with E-state index in [2.05, 4.69) is 38.0 Å². The molecule has 0 bridgehead atoms. The van der Waals surface area contributed by atoms with Gasteiger partial charge in [0.1, 0.15) is 11.4 Å². The summed E-state index contributed by atoms with van der Waals surface area (Å²) in [4.78, 5) is 0. The van der Waals surface area contributed by atoms with Gasteiger partial charge in [-0.05, 0) is 37.0 Å². The van der Waals surface area contributed by atoms with Gasteiger partial charge in [-0.3, -0.25) is 0 Å². The van der Waals surface area contributed by atoms with Gasteiger partial charge < -0.3 is 10.5 Å². The molecule has 0 amide bonds. The van der Waals surface area contributed by atoms with Crippen molar-refractivity contribution in [1.29, 1.82) is 0 Å². The highest BCUT2D eigenvalue weighted by Gasteiger charge is 2.15. The fourth-order valence-corrected chi connectivity index (χ4v) is 2.09. The Morgan fingerprint density at radius 2 is 1.95 bits per heavy atom. The Balaban J connectivity index is 2.45. The van der Waals surface area contributed by atoms with E-state index < -0.39 is 0 Å². The number of aryl methyl sites for hydroxylation is 3. The number of hydrogen-bond acceptors (Lipinski definition) is 3. The van der Waals surface area contributed by atoms with Gasteiger partial charge in [0.05, 0.1) is 5.69 Å². The van der Waals surface area contributed by atoms with E-state index >= 15 is 0 Å². The molecule has 4 nitrogen and oxygen atoms in total. The van der Waals surface area contributed by atoms with Crippen LogP contribution in [0.4, 0.5) is 5.69 Å². The van der Waals surface area contributed by atoms with E-state index in [1.54, 1.807) is 4.68 Å². The van der Waals surface area contributed by atoms with Crippen LogP contribution in [0.25, 0.3) is 0 Å². The summed E-state index contributed by atoms with van der Waals surface area (Å²) < 4.78 is 7.69. The van der Waals surface area contributed by atoms with Crippen LogP contribution < -0.4 is 10.5 Å². The van der Waals surface area contributed by atoms with Gasteiger partial charge in [0, 0.05) is 7.05 Å². The van der Waals surface area contributed by atoms with Crippen LogP contribution in [-0.2, 0) is 7.05 Å². The Labute approximate surface area is 114 Å². The molecule has 102 valence electrons. The van der Waals surface area contributed by atoms with E-state index in [9.17, 15) is 0 Å². The lowest BCUT2D eigenvalue weighted by atomic mass is 10.0. The Morgan fingerprint density at radius 3 is 2.47 bits per heavy atom. The summed E-state index contributed by atoms with van der Waals surface area (Å²) in [5, 5.41) is 4.27. The number of nitrogen functional groups attached to an aromatic ring is 1. The number of aromatic nitrogens is 2. The van der Waals surface area contributed by atoms with Gasteiger partial charge in [-0.15, -0.1) is 0 Å². The van der Waals surface area contributed by atoms with Crippen LogP contribution in [0.15, 0.2) is 18.2 Å². The molecular formula is C15H21N3O. The summed E-state index contributed by atoms with van der Waals surface area (Å²) in [5.41, 5.74) is 9.73. The van der Waals surface area contributed by atoms with E-state index in [0.717, 1.165) is 17.0 Å². The van der Waals surface area contributed by atoms with Crippen LogP contribution in [0, 0.1) is 13.8 Å². The first-order chi connectivity index (χ1) is 8.90. The van der Waals surface area contributed by atoms with Crippen molar-refractivity contribution < 1.29 is 4.74 Å². The maximum atomic E-state index is 6.01. The van der Waals surface area contributed by atoms with Crippen molar-refractivity contribution in [1.82, 2.24) is 9.78 Å². The molecule has 0 saturated heterocycles. The van der Waals surface area contributed by atoms with E-state index in [-0.39, 0.29) is 0 Å². The summed E-state index contributed by atoms with van der Waals surface area (Å²) in [7, 11) is 1.84. The molecule has 2 aromatic rings. The van der Waals surface area contributed by atoms with E-state index in [1.807, 2.05) is 20.0 Å². The minimum Gasteiger partial charge on any atom is -0.437 e. The van der Waals surface area contributed by atoms with Crippen molar-refractivity contribution >= 4 is 5.69 Å². The van der Waals surface area contributed by atoms with Crippen LogP contribution in [0.3, 0.4) is 0 Å². The quantitative estimate of drug-likeness (QED) is 0.917. The molecular weight excluding hydrogens is 238 g/mol. The minimum absolute atomic E-state index is 0.395. The topological polar surface area (TPSA) is 53.1 Å². The molecule has 0 atom stereocenters. The minimum atomic E-state index is 0.395. The Bertz CT molecular complexity index is 600. The average Bonchev–Trinajstić information content (AvgIpc) is 2.56. The van der Waals surface area contributed by atoms with Gasteiger partial charge in [0.2, 0.25) is 5.88 Å². The Morgan fingerprint density at radius 1 is 1.26 bits per heavy atom. The molecule has 4 heteroatoms. The molecule has 1 aromatic carbocycles. The molecule has 0 unspecified atom stereocenters. The number of nitrogens with two attached hydrogens (primary N) is 1. The third-order valence-corrected chi connectivity index (χ3v) is 3.21. The lowest BCUT2D eigenvalue weighted by Crippen LogP contribution is -2.00. The second-order valence-corrected chi connectivity index (χ2v) is 5.23. The fraction of sp³-hybridized carbons (Fsp3) is 0.400. The fourth-order valence-electron chi connectivity index (χ4n) is 2.09. The highest BCUT2D eigenvalue weighted by atomic mass is 16.5. The lowest BCUT2D eigenvalue weighted by Gasteiger charge is -2.15. The third kappa shape index (κ3) is 2.57. The first kappa shape index (κ1) is 13.5. The van der Waals surface area contributed by atoms with E-state index in [4.69, 9.17) is 10.5 Å². The monoisotopic (exact) mass is 259 g/mol. The van der Waals surface area contributed by atoms with Gasteiger partial charge in [-0.2, -0.15) is 5.10 Å². The van der Waals surface area contributed by atoms with Crippen LogP contribution in [0.2, 0.25) is 0 Å². The number of anilines is 1. The highest BCUT2D eigenvalue weighted by Crippen LogP contribution is 2.34. The van der Waals surface area contributed by atoms with Crippen molar-refractivity contribution in [2.45, 2.75) is 33.6 Å². The molecule has 0 fully saturated rings. The first-order valence-corrected chi connectivity index (χ1v) is 6.47. The zero-order valence-electron chi connectivity index (χ0n) is 12.2. The van der Waals surface area contributed by atoms with Crippen LogP contribution in [0.5, 0.6) is 11.6 Å². The van der Waals surface area contributed by atoms with Crippen molar-refractivity contribution in [3.63, 3.8) is 0 Å². The summed E-state index contributed by atoms with van der Waals surface area (Å²) in [6, 6.07) is 6.24. The van der Waals surface area contributed by atoms with Gasteiger partial charge in [0.15, 0.2) is 0 Å². The van der Waals surface area contributed by atoms with E-state index in [0.29, 0.717) is 17.5 Å². The molecule has 2 N–H and O–H groups in total. The maximum Gasteiger partial charge on any atom is 0.241 e. The van der Waals surface area contributed by atoms with Crippen molar-refractivity contribution in [3.05, 3.63) is 35.0 Å². The maximum absolute atomic E-state index is 6.01. The van der Waals surface area contributed by atoms with Crippen LogP contribution in [-0.4, -0.2) is 9.78 Å². The van der Waals surface area contributed by atoms with Gasteiger partial charge in [0.25, 0.3) is 0 Å². The van der Waals surface area contributed by atoms with Crippen molar-refractivity contribution in [3.8, 4) is 11.6 Å². The Kier molecular flexibility index (Phi) is 3.51. The normalized spacial score (nSPS) is 11.1. The van der Waals surface area contributed by atoms with Crippen molar-refractivity contribution in [2.24, 2.45) is 7.05 Å². The van der Waals surface area contributed by atoms with Crippen LogP contribution in [0.1, 0.15) is 36.6 Å². The zero-order chi connectivity index (χ0) is 14.2. The molecule has 0 radical (unpaired) electrons. The number of hydrogen-bond donors (Lipinski definition) is 1. The molecule has 0 spiro atoms. The molecule has 1 aromatic heterocycles. The second-order valence-electron chi connectivity index (χ2n) is 5.23. The largest absolute Gasteiger partial charge is 0.437 e. The standard InChI is InChI=1S/C15H21N3O/c1-9(2)12-7-6-10(3)8-13(12)19-15-14(16)11(4)17-18(15)5/h6-9H,16H2,1-5H3. The molecule has 2 rings (SSSR count). The Hall–Kier alpha value is -1.97. The second kappa shape index (κ2) is 4.96. The predicted molar refractivity (Wildman–Crippen MR) is 77.7 cm³/mol. The summed E-state index contributed by atoms with van der Waals surface area (Å²) in [6.45, 7) is 8.22. The molecule has 19 heavy (non-hydrogen) atoms. The number of nitrogens with zero attached hydrogens (tertiary/aromatic N) is 2. The predicted octanol–water partition coefficient (Wildman–Crippen LogP) is 3.53. The van der Waals surface area contributed by atoms with Gasteiger partial charge in [-0.1, -0.05) is 26.0 Å². The molecule has 1 heterocycles. The molecule has 0 saturated carbocycles. The summed E-state index contributed by atoms with van der Waals surface area (Å²) in [5.74, 6) is 1.85. The smallest absolute Gasteiger partial charge is 0.241 e. The lowest BCUT2D eigenvalue weighted by molar-refractivity contribution is 0.425. The molecule has 0 aliphatic rings. The van der Waals surface area contributed by atoms with Crippen LogP contribution >= 0.6 is 0 Å². The number of rotatable bonds is 3. The van der Waals surface area contributed by atoms with Gasteiger partial charge in [-0.25, -0.2) is 4.68 Å². The van der Waals surface area contributed by atoms with Crippen molar-refractivity contribution in [2.75, 3.05) is 5.73 Å². The highest BCUT2D eigenvalue weighted by molar-refractivity contribution is 5.54.